The summed E-state index contributed by atoms with van der Waals surface area (Å²) in [5.74, 6) is 0.576. The van der Waals surface area contributed by atoms with Crippen LogP contribution in [0.1, 0.15) is 44.4 Å². The van der Waals surface area contributed by atoms with Gasteiger partial charge in [0.2, 0.25) is 5.91 Å². The Balaban J connectivity index is 1.72. The normalized spacial score (nSPS) is 13.9. The molecule has 4 rings (SSSR count). The molecule has 2 heterocycles. The molecule has 29 heavy (non-hydrogen) atoms. The van der Waals surface area contributed by atoms with E-state index in [0.29, 0.717) is 41.3 Å². The zero-order valence-corrected chi connectivity index (χ0v) is 15.5. The van der Waals surface area contributed by atoms with Crippen LogP contribution in [0.3, 0.4) is 0 Å². The number of hydrogen-bond donors (Lipinski definition) is 2. The van der Waals surface area contributed by atoms with Gasteiger partial charge < -0.3 is 20.9 Å². The van der Waals surface area contributed by atoms with Gasteiger partial charge in [0, 0.05) is 29.8 Å². The Bertz CT molecular complexity index is 1080. The number of ether oxygens (including phenoxy) is 2. The van der Waals surface area contributed by atoms with Gasteiger partial charge in [0.1, 0.15) is 11.5 Å². The maximum Gasteiger partial charge on any atom is 0.248 e. The first-order valence-electron chi connectivity index (χ1n) is 9.09. The molecule has 146 valence electrons. The Morgan fingerprint density at radius 3 is 2.66 bits per heavy atom. The lowest BCUT2D eigenvalue weighted by molar-refractivity contribution is 0.0932. The summed E-state index contributed by atoms with van der Waals surface area (Å²) in [7, 11) is 0. The Morgan fingerprint density at radius 2 is 1.93 bits per heavy atom. The topological polar surface area (TPSA) is 118 Å². The van der Waals surface area contributed by atoms with Crippen LogP contribution >= 0.6 is 0 Å². The molecule has 2 aromatic carbocycles. The molecule has 3 aromatic rings. The summed E-state index contributed by atoms with van der Waals surface area (Å²) in [6.07, 6.45) is 3.00. The zero-order chi connectivity index (χ0) is 20.4. The second-order valence-corrected chi connectivity index (χ2v) is 6.67. The van der Waals surface area contributed by atoms with Gasteiger partial charge in [0.05, 0.1) is 24.1 Å². The molecule has 0 saturated heterocycles. The molecule has 0 radical (unpaired) electrons. The number of Topliss-reactive ketones (excluding diaryl/α,β-unsaturated/α-hetero) is 1. The molecule has 0 fully saturated rings. The van der Waals surface area contributed by atoms with Gasteiger partial charge in [-0.2, -0.15) is 0 Å². The molecule has 1 aliphatic heterocycles. The van der Waals surface area contributed by atoms with Crippen LogP contribution in [-0.2, 0) is 0 Å². The van der Waals surface area contributed by atoms with E-state index in [4.69, 9.17) is 20.9 Å². The number of hydrogen-bond acceptors (Lipinski definition) is 6. The molecule has 7 nitrogen and oxygen atoms in total. The lowest BCUT2D eigenvalue weighted by atomic mass is 9.99. The maximum atomic E-state index is 12.0. The highest BCUT2D eigenvalue weighted by atomic mass is 16.5. The van der Waals surface area contributed by atoms with Crippen molar-refractivity contribution in [2.45, 2.75) is 12.5 Å². The van der Waals surface area contributed by atoms with Crippen LogP contribution in [0, 0.1) is 0 Å². The monoisotopic (exact) mass is 389 g/mol. The molecule has 7 heteroatoms. The number of benzene rings is 2. The number of fused-ring (bicyclic) bond motifs is 1. The summed E-state index contributed by atoms with van der Waals surface area (Å²) in [6.45, 7) is 0.352. The molecule has 0 spiro atoms. The minimum atomic E-state index is -0.558. The fourth-order valence-corrected chi connectivity index (χ4v) is 3.24. The number of pyridine rings is 1. The van der Waals surface area contributed by atoms with E-state index in [1.165, 1.54) is 0 Å². The summed E-state index contributed by atoms with van der Waals surface area (Å²) in [5.41, 5.74) is 14.4. The van der Waals surface area contributed by atoms with E-state index in [-0.39, 0.29) is 5.78 Å². The molecule has 0 aliphatic carbocycles. The van der Waals surface area contributed by atoms with Crippen molar-refractivity contribution >= 4 is 17.4 Å². The molecule has 1 atom stereocenters. The van der Waals surface area contributed by atoms with Crippen LogP contribution < -0.4 is 20.9 Å². The standard InChI is InChI=1S/C22H19N3O4/c23-18-12-25-9-7-16(18)21(13-1-3-14(4-2-13)22(24)27)29-15-5-6-17-19(26)8-10-28-20(17)11-15/h1-7,9,11-12,21H,8,10,23H2,(H2,24,27). The van der Waals surface area contributed by atoms with E-state index in [2.05, 4.69) is 4.98 Å². The van der Waals surface area contributed by atoms with Crippen LogP contribution in [0.4, 0.5) is 5.69 Å². The van der Waals surface area contributed by atoms with Gasteiger partial charge in [0.25, 0.3) is 0 Å². The van der Waals surface area contributed by atoms with Crippen LogP contribution in [0.25, 0.3) is 0 Å². The number of primary amides is 1. The van der Waals surface area contributed by atoms with Crippen LogP contribution in [-0.4, -0.2) is 23.3 Å². The SMILES string of the molecule is NC(=O)c1ccc(C(Oc2ccc3c(c2)OCCC3=O)c2ccncc2N)cc1. The highest BCUT2D eigenvalue weighted by Crippen LogP contribution is 2.35. The van der Waals surface area contributed by atoms with Crippen molar-refractivity contribution in [1.82, 2.24) is 4.98 Å². The van der Waals surface area contributed by atoms with E-state index in [1.54, 1.807) is 60.9 Å². The summed E-state index contributed by atoms with van der Waals surface area (Å²) in [6, 6.07) is 13.7. The molecule has 1 aromatic heterocycles. The van der Waals surface area contributed by atoms with Crippen molar-refractivity contribution in [3.05, 3.63) is 83.2 Å². The van der Waals surface area contributed by atoms with Gasteiger partial charge in [-0.3, -0.25) is 14.6 Å². The quantitative estimate of drug-likeness (QED) is 0.693. The smallest absolute Gasteiger partial charge is 0.248 e. The fourth-order valence-electron chi connectivity index (χ4n) is 3.24. The number of nitrogens with zero attached hydrogens (tertiary/aromatic N) is 1. The van der Waals surface area contributed by atoms with Crippen molar-refractivity contribution in [2.24, 2.45) is 5.73 Å². The molecule has 4 N–H and O–H groups in total. The minimum Gasteiger partial charge on any atom is -0.492 e. The molecular weight excluding hydrogens is 370 g/mol. The first-order chi connectivity index (χ1) is 14.0. The minimum absolute atomic E-state index is 0.0507. The van der Waals surface area contributed by atoms with Crippen LogP contribution in [0.15, 0.2) is 60.9 Å². The Labute approximate surface area is 167 Å². The molecule has 1 aliphatic rings. The third-order valence-corrected chi connectivity index (χ3v) is 4.76. The number of ketones is 1. The molecule has 1 unspecified atom stereocenters. The van der Waals surface area contributed by atoms with Crippen LogP contribution in [0.2, 0.25) is 0 Å². The van der Waals surface area contributed by atoms with Crippen molar-refractivity contribution in [1.29, 1.82) is 0 Å². The van der Waals surface area contributed by atoms with Gasteiger partial charge >= 0.3 is 0 Å². The number of carbonyl (C=O) groups excluding carboxylic acids is 2. The number of rotatable bonds is 5. The van der Waals surface area contributed by atoms with Crippen molar-refractivity contribution < 1.29 is 19.1 Å². The number of nitrogen functional groups attached to an aromatic ring is 1. The Kier molecular flexibility index (Phi) is 4.87. The Morgan fingerprint density at radius 1 is 1.14 bits per heavy atom. The number of aromatic nitrogens is 1. The van der Waals surface area contributed by atoms with E-state index in [9.17, 15) is 9.59 Å². The Hall–Kier alpha value is -3.87. The van der Waals surface area contributed by atoms with Crippen molar-refractivity contribution in [3.8, 4) is 11.5 Å². The van der Waals surface area contributed by atoms with Crippen LogP contribution in [0.5, 0.6) is 11.5 Å². The number of nitrogens with two attached hydrogens (primary N) is 2. The van der Waals surface area contributed by atoms with E-state index >= 15 is 0 Å². The average molecular weight is 389 g/mol. The average Bonchev–Trinajstić information content (AvgIpc) is 2.73. The van der Waals surface area contributed by atoms with Gasteiger partial charge in [-0.05, 0) is 35.9 Å². The molecule has 0 bridgehead atoms. The first kappa shape index (κ1) is 18.5. The molecule has 0 saturated carbocycles. The van der Waals surface area contributed by atoms with E-state index in [0.717, 1.165) is 11.1 Å². The predicted molar refractivity (Wildman–Crippen MR) is 107 cm³/mol. The van der Waals surface area contributed by atoms with Gasteiger partial charge in [-0.1, -0.05) is 12.1 Å². The number of amides is 1. The second kappa shape index (κ2) is 7.63. The third-order valence-electron chi connectivity index (χ3n) is 4.76. The summed E-state index contributed by atoms with van der Waals surface area (Å²) >= 11 is 0. The van der Waals surface area contributed by atoms with Gasteiger partial charge in [-0.15, -0.1) is 0 Å². The lowest BCUT2D eigenvalue weighted by Crippen LogP contribution is -2.16. The van der Waals surface area contributed by atoms with E-state index < -0.39 is 12.0 Å². The predicted octanol–water partition coefficient (Wildman–Crippen LogP) is 2.90. The number of carbonyl (C=O) groups is 2. The summed E-state index contributed by atoms with van der Waals surface area (Å²) < 4.78 is 11.9. The maximum absolute atomic E-state index is 12.0. The zero-order valence-electron chi connectivity index (χ0n) is 15.5. The van der Waals surface area contributed by atoms with E-state index in [1.807, 2.05) is 0 Å². The van der Waals surface area contributed by atoms with Gasteiger partial charge in [-0.25, -0.2) is 0 Å². The highest BCUT2D eigenvalue weighted by Gasteiger charge is 2.22. The van der Waals surface area contributed by atoms with Crippen molar-refractivity contribution in [2.75, 3.05) is 12.3 Å². The third kappa shape index (κ3) is 3.75. The summed E-state index contributed by atoms with van der Waals surface area (Å²) in [5, 5.41) is 0. The number of anilines is 1. The fraction of sp³-hybridized carbons (Fsp3) is 0.136. The summed E-state index contributed by atoms with van der Waals surface area (Å²) in [4.78, 5) is 27.4. The van der Waals surface area contributed by atoms with Crippen molar-refractivity contribution in [3.63, 3.8) is 0 Å². The second-order valence-electron chi connectivity index (χ2n) is 6.67. The van der Waals surface area contributed by atoms with Gasteiger partial charge in [0.15, 0.2) is 11.9 Å². The molecular formula is C22H19N3O4. The largest absolute Gasteiger partial charge is 0.492 e. The first-order valence-corrected chi connectivity index (χ1v) is 9.09. The molecule has 1 amide bonds. The lowest BCUT2D eigenvalue weighted by Gasteiger charge is -2.23. The highest BCUT2D eigenvalue weighted by molar-refractivity contribution is 5.99.